The Labute approximate surface area is 128 Å². The SMILES string of the molecule is CC(O)C1CCCN(C(=O)C2SCCc3sccc32)C1. The molecule has 1 amide bonds. The molecule has 3 atom stereocenters. The molecule has 3 rings (SSSR count). The van der Waals surface area contributed by atoms with Gasteiger partial charge in [-0.05, 0) is 48.9 Å². The minimum absolute atomic E-state index is 0.0160. The monoisotopic (exact) mass is 311 g/mol. The van der Waals surface area contributed by atoms with Crippen molar-refractivity contribution in [3.63, 3.8) is 0 Å². The molecule has 1 N–H and O–H groups in total. The highest BCUT2D eigenvalue weighted by Crippen LogP contribution is 2.41. The number of rotatable bonds is 2. The maximum Gasteiger partial charge on any atom is 0.240 e. The van der Waals surface area contributed by atoms with E-state index < -0.39 is 0 Å². The number of fused-ring (bicyclic) bond motifs is 1. The van der Waals surface area contributed by atoms with Gasteiger partial charge in [-0.15, -0.1) is 23.1 Å². The molecule has 1 fully saturated rings. The molecule has 0 bridgehead atoms. The predicted molar refractivity (Wildman–Crippen MR) is 84.2 cm³/mol. The minimum atomic E-state index is -0.318. The van der Waals surface area contributed by atoms with E-state index in [0.29, 0.717) is 6.54 Å². The van der Waals surface area contributed by atoms with E-state index in [-0.39, 0.29) is 23.2 Å². The Balaban J connectivity index is 1.74. The topological polar surface area (TPSA) is 40.5 Å². The van der Waals surface area contributed by atoms with Crippen LogP contribution in [0.15, 0.2) is 11.4 Å². The van der Waals surface area contributed by atoms with Crippen LogP contribution in [0.25, 0.3) is 0 Å². The number of hydrogen-bond donors (Lipinski definition) is 1. The molecular formula is C15H21NO2S2. The van der Waals surface area contributed by atoms with Gasteiger partial charge in [-0.3, -0.25) is 4.79 Å². The lowest BCUT2D eigenvalue weighted by Crippen LogP contribution is -2.44. The summed E-state index contributed by atoms with van der Waals surface area (Å²) in [6, 6.07) is 2.12. The number of aliphatic hydroxyl groups is 1. The lowest BCUT2D eigenvalue weighted by molar-refractivity contribution is -0.133. The number of likely N-dealkylation sites (tertiary alicyclic amines) is 1. The zero-order chi connectivity index (χ0) is 14.1. The van der Waals surface area contributed by atoms with Crippen molar-refractivity contribution in [2.24, 2.45) is 5.92 Å². The third kappa shape index (κ3) is 2.76. The summed E-state index contributed by atoms with van der Waals surface area (Å²) in [6.07, 6.45) is 2.82. The first-order chi connectivity index (χ1) is 9.66. The van der Waals surface area contributed by atoms with Gasteiger partial charge in [-0.25, -0.2) is 0 Å². The molecule has 0 aromatic carbocycles. The molecule has 1 saturated heterocycles. The molecule has 3 heterocycles. The van der Waals surface area contributed by atoms with Gasteiger partial charge in [0.05, 0.1) is 6.10 Å². The van der Waals surface area contributed by atoms with Crippen molar-refractivity contribution in [1.29, 1.82) is 0 Å². The Kier molecular flexibility index (Phi) is 4.38. The molecule has 3 nitrogen and oxygen atoms in total. The van der Waals surface area contributed by atoms with Crippen LogP contribution in [0.4, 0.5) is 0 Å². The number of aliphatic hydroxyl groups excluding tert-OH is 1. The lowest BCUT2D eigenvalue weighted by Gasteiger charge is -2.36. The van der Waals surface area contributed by atoms with Crippen molar-refractivity contribution >= 4 is 29.0 Å². The van der Waals surface area contributed by atoms with Crippen molar-refractivity contribution < 1.29 is 9.90 Å². The summed E-state index contributed by atoms with van der Waals surface area (Å²) >= 11 is 3.55. The Morgan fingerprint density at radius 1 is 1.55 bits per heavy atom. The number of carbonyl (C=O) groups is 1. The number of amides is 1. The Morgan fingerprint density at radius 3 is 3.20 bits per heavy atom. The van der Waals surface area contributed by atoms with Crippen molar-refractivity contribution in [2.75, 3.05) is 18.8 Å². The Hall–Kier alpha value is -0.520. The van der Waals surface area contributed by atoms with Crippen LogP contribution in [-0.4, -0.2) is 40.9 Å². The smallest absolute Gasteiger partial charge is 0.240 e. The summed E-state index contributed by atoms with van der Waals surface area (Å²) in [4.78, 5) is 16.2. The first-order valence-electron chi connectivity index (χ1n) is 7.31. The molecule has 1 aromatic rings. The molecule has 0 aliphatic carbocycles. The van der Waals surface area contributed by atoms with Gasteiger partial charge in [-0.2, -0.15) is 0 Å². The van der Waals surface area contributed by atoms with Gasteiger partial charge in [0.2, 0.25) is 5.91 Å². The third-order valence-electron chi connectivity index (χ3n) is 4.35. The number of hydrogen-bond acceptors (Lipinski definition) is 4. The van der Waals surface area contributed by atoms with E-state index in [0.717, 1.165) is 31.6 Å². The molecule has 3 unspecified atom stereocenters. The van der Waals surface area contributed by atoms with Crippen LogP contribution < -0.4 is 0 Å². The van der Waals surface area contributed by atoms with E-state index in [2.05, 4.69) is 11.4 Å². The van der Waals surface area contributed by atoms with Crippen molar-refractivity contribution in [2.45, 2.75) is 37.5 Å². The van der Waals surface area contributed by atoms with Crippen LogP contribution in [0.3, 0.4) is 0 Å². The van der Waals surface area contributed by atoms with E-state index in [4.69, 9.17) is 0 Å². The van der Waals surface area contributed by atoms with Crippen LogP contribution in [0, 0.1) is 5.92 Å². The highest BCUT2D eigenvalue weighted by atomic mass is 32.2. The quantitative estimate of drug-likeness (QED) is 0.913. The predicted octanol–water partition coefficient (Wildman–Crippen LogP) is 2.70. The average Bonchev–Trinajstić information content (AvgIpc) is 2.95. The molecule has 20 heavy (non-hydrogen) atoms. The second-order valence-electron chi connectivity index (χ2n) is 5.73. The molecular weight excluding hydrogens is 290 g/mol. The van der Waals surface area contributed by atoms with E-state index in [1.165, 1.54) is 10.4 Å². The summed E-state index contributed by atoms with van der Waals surface area (Å²) < 4.78 is 0. The summed E-state index contributed by atoms with van der Waals surface area (Å²) in [5.41, 5.74) is 1.23. The van der Waals surface area contributed by atoms with Crippen molar-refractivity contribution in [1.82, 2.24) is 4.90 Å². The van der Waals surface area contributed by atoms with Gasteiger partial charge in [-0.1, -0.05) is 0 Å². The summed E-state index contributed by atoms with van der Waals surface area (Å²) in [7, 11) is 0. The molecule has 0 radical (unpaired) electrons. The second-order valence-corrected chi connectivity index (χ2v) is 7.94. The standard InChI is InChI=1S/C15H21NO2S2/c1-10(17)11-3-2-6-16(9-11)15(18)14-12-4-7-19-13(12)5-8-20-14/h4,7,10-11,14,17H,2-3,5-6,8-9H2,1H3. The lowest BCUT2D eigenvalue weighted by atomic mass is 9.93. The number of carbonyl (C=O) groups excluding carboxylic acids is 1. The summed E-state index contributed by atoms with van der Waals surface area (Å²) in [5, 5.41) is 11.9. The van der Waals surface area contributed by atoms with Crippen LogP contribution in [0.2, 0.25) is 0 Å². The number of piperidine rings is 1. The third-order valence-corrected chi connectivity index (χ3v) is 6.58. The maximum atomic E-state index is 12.8. The first-order valence-corrected chi connectivity index (χ1v) is 9.24. The minimum Gasteiger partial charge on any atom is -0.393 e. The van der Waals surface area contributed by atoms with Crippen LogP contribution in [0.5, 0.6) is 0 Å². The fourth-order valence-electron chi connectivity index (χ4n) is 3.12. The molecule has 1 aromatic heterocycles. The second kappa shape index (κ2) is 6.08. The van der Waals surface area contributed by atoms with Gasteiger partial charge in [0.25, 0.3) is 0 Å². The molecule has 2 aliphatic rings. The van der Waals surface area contributed by atoms with Gasteiger partial charge < -0.3 is 10.0 Å². The molecule has 0 saturated carbocycles. The highest BCUT2D eigenvalue weighted by Gasteiger charge is 2.34. The maximum absolute atomic E-state index is 12.8. The molecule has 5 heteroatoms. The fraction of sp³-hybridized carbons (Fsp3) is 0.667. The normalized spacial score (nSPS) is 28.0. The summed E-state index contributed by atoms with van der Waals surface area (Å²) in [5.74, 6) is 1.53. The van der Waals surface area contributed by atoms with Crippen LogP contribution in [0.1, 0.15) is 35.5 Å². The van der Waals surface area contributed by atoms with Gasteiger partial charge in [0.15, 0.2) is 0 Å². The van der Waals surface area contributed by atoms with Gasteiger partial charge in [0.1, 0.15) is 5.25 Å². The molecule has 110 valence electrons. The Morgan fingerprint density at radius 2 is 2.40 bits per heavy atom. The fourth-order valence-corrected chi connectivity index (χ4v) is 5.49. The Bertz CT molecular complexity index is 486. The number of thioether (sulfide) groups is 1. The molecule has 0 spiro atoms. The first kappa shape index (κ1) is 14.4. The highest BCUT2D eigenvalue weighted by molar-refractivity contribution is 8.00. The van der Waals surface area contributed by atoms with Crippen LogP contribution in [-0.2, 0) is 11.2 Å². The average molecular weight is 311 g/mol. The number of aryl methyl sites for hydroxylation is 1. The zero-order valence-corrected chi connectivity index (χ0v) is 13.4. The molecule has 2 aliphatic heterocycles. The van der Waals surface area contributed by atoms with Gasteiger partial charge >= 0.3 is 0 Å². The van der Waals surface area contributed by atoms with E-state index >= 15 is 0 Å². The number of nitrogens with zero attached hydrogens (tertiary/aromatic N) is 1. The van der Waals surface area contributed by atoms with Gasteiger partial charge in [0, 0.05) is 23.9 Å². The van der Waals surface area contributed by atoms with Crippen molar-refractivity contribution in [3.8, 4) is 0 Å². The van der Waals surface area contributed by atoms with Crippen molar-refractivity contribution in [3.05, 3.63) is 21.9 Å². The van der Waals surface area contributed by atoms with E-state index in [1.807, 2.05) is 11.8 Å². The largest absolute Gasteiger partial charge is 0.393 e. The number of thiophene rings is 1. The van der Waals surface area contributed by atoms with E-state index in [1.54, 1.807) is 23.1 Å². The zero-order valence-electron chi connectivity index (χ0n) is 11.7. The van der Waals surface area contributed by atoms with Crippen LogP contribution >= 0.6 is 23.1 Å². The summed E-state index contributed by atoms with van der Waals surface area (Å²) in [6.45, 7) is 3.40. The van der Waals surface area contributed by atoms with E-state index in [9.17, 15) is 9.90 Å².